The van der Waals surface area contributed by atoms with E-state index in [2.05, 4.69) is 26.1 Å². The molecule has 0 aromatic heterocycles. The number of hydrogen-bond donors (Lipinski definition) is 2. The lowest BCUT2D eigenvalue weighted by Crippen LogP contribution is -2.37. The molecule has 0 aliphatic rings. The van der Waals surface area contributed by atoms with Gasteiger partial charge in [0, 0.05) is 5.54 Å². The van der Waals surface area contributed by atoms with Crippen LogP contribution < -0.4 is 11.1 Å². The number of rotatable bonds is 3. The number of nitrogens with two attached hydrogens (primary N) is 1. The maximum atomic E-state index is 5.96. The molecule has 0 saturated heterocycles. The molecule has 0 saturated carbocycles. The number of hydrogen-bond acceptors (Lipinski definition) is 2. The maximum Gasteiger partial charge on any atom is 0.0693 e. The van der Waals surface area contributed by atoms with E-state index in [1.807, 2.05) is 12.1 Å². The highest BCUT2D eigenvalue weighted by molar-refractivity contribution is 6.38. The quantitative estimate of drug-likeness (QED) is 0.830. The molecule has 1 aromatic rings. The molecule has 0 atom stereocenters. The van der Waals surface area contributed by atoms with Crippen LogP contribution in [0.25, 0.3) is 0 Å². The number of halogens is 3. The SMILES string of the molecule is CC(C)(C)NCCc1cc(Cl)c(N)c(Cl)c1.Cl. The lowest BCUT2D eigenvalue weighted by molar-refractivity contribution is 0.429. The van der Waals surface area contributed by atoms with Crippen LogP contribution in [0.15, 0.2) is 12.1 Å². The molecule has 1 aromatic carbocycles. The largest absolute Gasteiger partial charge is 0.396 e. The van der Waals surface area contributed by atoms with E-state index < -0.39 is 0 Å². The van der Waals surface area contributed by atoms with Crippen molar-refractivity contribution in [3.05, 3.63) is 27.7 Å². The van der Waals surface area contributed by atoms with Crippen molar-refractivity contribution in [2.45, 2.75) is 32.7 Å². The predicted molar refractivity (Wildman–Crippen MR) is 79.6 cm³/mol. The van der Waals surface area contributed by atoms with Crippen LogP contribution in [0.1, 0.15) is 26.3 Å². The van der Waals surface area contributed by atoms with E-state index in [4.69, 9.17) is 28.9 Å². The first-order valence-corrected chi connectivity index (χ1v) is 6.03. The summed E-state index contributed by atoms with van der Waals surface area (Å²) in [7, 11) is 0. The van der Waals surface area contributed by atoms with Gasteiger partial charge in [0.1, 0.15) is 0 Å². The summed E-state index contributed by atoms with van der Waals surface area (Å²) in [6, 6.07) is 3.74. The zero-order valence-electron chi connectivity index (χ0n) is 10.3. The zero-order chi connectivity index (χ0) is 12.3. The van der Waals surface area contributed by atoms with E-state index in [-0.39, 0.29) is 17.9 Å². The van der Waals surface area contributed by atoms with E-state index >= 15 is 0 Å². The van der Waals surface area contributed by atoms with Gasteiger partial charge in [0.05, 0.1) is 15.7 Å². The van der Waals surface area contributed by atoms with Crippen molar-refractivity contribution < 1.29 is 0 Å². The molecule has 0 aliphatic carbocycles. The smallest absolute Gasteiger partial charge is 0.0693 e. The summed E-state index contributed by atoms with van der Waals surface area (Å²) in [6.07, 6.45) is 0.886. The molecule has 0 bridgehead atoms. The van der Waals surface area contributed by atoms with Gasteiger partial charge < -0.3 is 11.1 Å². The Balaban J connectivity index is 0.00000256. The Bertz CT molecular complexity index is 349. The summed E-state index contributed by atoms with van der Waals surface area (Å²) in [6.45, 7) is 7.29. The highest BCUT2D eigenvalue weighted by atomic mass is 35.5. The molecule has 0 fully saturated rings. The summed E-state index contributed by atoms with van der Waals surface area (Å²) >= 11 is 11.9. The molecule has 0 amide bonds. The third-order valence-corrected chi connectivity index (χ3v) is 2.83. The van der Waals surface area contributed by atoms with Gasteiger partial charge in [-0.05, 0) is 51.4 Å². The highest BCUT2D eigenvalue weighted by Gasteiger charge is 2.09. The van der Waals surface area contributed by atoms with Gasteiger partial charge in [-0.1, -0.05) is 23.2 Å². The van der Waals surface area contributed by atoms with Crippen LogP contribution in [0.5, 0.6) is 0 Å². The van der Waals surface area contributed by atoms with Gasteiger partial charge in [0.25, 0.3) is 0 Å². The molecule has 3 N–H and O–H groups in total. The molecule has 0 radical (unpaired) electrons. The molecule has 0 heterocycles. The Labute approximate surface area is 119 Å². The van der Waals surface area contributed by atoms with Gasteiger partial charge in [0.2, 0.25) is 0 Å². The van der Waals surface area contributed by atoms with Gasteiger partial charge in [-0.2, -0.15) is 0 Å². The van der Waals surface area contributed by atoms with Crippen LogP contribution in [0.4, 0.5) is 5.69 Å². The van der Waals surface area contributed by atoms with Crippen molar-refractivity contribution in [1.29, 1.82) is 0 Å². The Morgan fingerprint density at radius 3 is 2.06 bits per heavy atom. The van der Waals surface area contributed by atoms with Gasteiger partial charge in [-0.25, -0.2) is 0 Å². The van der Waals surface area contributed by atoms with Crippen molar-refractivity contribution in [2.75, 3.05) is 12.3 Å². The minimum Gasteiger partial charge on any atom is -0.396 e. The predicted octanol–water partition coefficient (Wildman–Crippen LogP) is 3.93. The standard InChI is InChI=1S/C12H18Cl2N2.ClH/c1-12(2,3)16-5-4-8-6-9(13)11(15)10(14)7-8;/h6-7,16H,4-5,15H2,1-3H3;1H. The average molecular weight is 298 g/mol. The lowest BCUT2D eigenvalue weighted by Gasteiger charge is -2.20. The summed E-state index contributed by atoms with van der Waals surface area (Å²) < 4.78 is 0. The fourth-order valence-electron chi connectivity index (χ4n) is 1.36. The second-order valence-corrected chi connectivity index (χ2v) is 5.71. The number of benzene rings is 1. The van der Waals surface area contributed by atoms with Crippen LogP contribution >= 0.6 is 35.6 Å². The molecular formula is C12H19Cl3N2. The second-order valence-electron chi connectivity index (χ2n) is 4.90. The third-order valence-electron chi connectivity index (χ3n) is 2.21. The van der Waals surface area contributed by atoms with Crippen LogP contribution in [0, 0.1) is 0 Å². The van der Waals surface area contributed by atoms with Crippen LogP contribution in [0.3, 0.4) is 0 Å². The summed E-state index contributed by atoms with van der Waals surface area (Å²) in [4.78, 5) is 0. The Morgan fingerprint density at radius 1 is 1.18 bits per heavy atom. The Morgan fingerprint density at radius 2 is 1.65 bits per heavy atom. The Kier molecular flexibility index (Phi) is 6.64. The van der Waals surface area contributed by atoms with E-state index in [0.29, 0.717) is 15.7 Å². The number of nitrogens with one attached hydrogen (secondary N) is 1. The first-order valence-electron chi connectivity index (χ1n) is 5.28. The molecule has 17 heavy (non-hydrogen) atoms. The summed E-state index contributed by atoms with van der Waals surface area (Å²) in [5, 5.41) is 4.46. The summed E-state index contributed by atoms with van der Waals surface area (Å²) in [5.74, 6) is 0. The lowest BCUT2D eigenvalue weighted by atomic mass is 10.1. The molecule has 0 unspecified atom stereocenters. The minimum atomic E-state index is 0. The topological polar surface area (TPSA) is 38.0 Å². The summed E-state index contributed by atoms with van der Waals surface area (Å²) in [5.41, 5.74) is 7.35. The normalized spacial score (nSPS) is 11.1. The molecule has 5 heteroatoms. The van der Waals surface area contributed by atoms with E-state index in [9.17, 15) is 0 Å². The van der Waals surface area contributed by atoms with Crippen molar-refractivity contribution in [3.8, 4) is 0 Å². The van der Waals surface area contributed by atoms with Gasteiger partial charge in [0.15, 0.2) is 0 Å². The first-order chi connectivity index (χ1) is 7.29. The maximum absolute atomic E-state index is 5.96. The molecule has 1 rings (SSSR count). The minimum absolute atomic E-state index is 0. The molecule has 98 valence electrons. The average Bonchev–Trinajstić information content (AvgIpc) is 2.12. The first kappa shape index (κ1) is 16.9. The highest BCUT2D eigenvalue weighted by Crippen LogP contribution is 2.28. The Hall–Kier alpha value is -0.150. The van der Waals surface area contributed by atoms with Gasteiger partial charge >= 0.3 is 0 Å². The van der Waals surface area contributed by atoms with E-state index in [0.717, 1.165) is 18.5 Å². The zero-order valence-corrected chi connectivity index (χ0v) is 12.6. The molecule has 0 aliphatic heterocycles. The van der Waals surface area contributed by atoms with Crippen molar-refractivity contribution in [3.63, 3.8) is 0 Å². The fourth-order valence-corrected chi connectivity index (χ4v) is 1.90. The number of anilines is 1. The molecule has 0 spiro atoms. The van der Waals surface area contributed by atoms with Crippen molar-refractivity contribution in [1.82, 2.24) is 5.32 Å². The molecule has 2 nitrogen and oxygen atoms in total. The van der Waals surface area contributed by atoms with E-state index in [1.165, 1.54) is 0 Å². The van der Waals surface area contributed by atoms with Crippen LogP contribution in [-0.2, 0) is 6.42 Å². The van der Waals surface area contributed by atoms with Crippen LogP contribution in [-0.4, -0.2) is 12.1 Å². The van der Waals surface area contributed by atoms with Crippen molar-refractivity contribution >= 4 is 41.3 Å². The number of nitrogen functional groups attached to an aromatic ring is 1. The van der Waals surface area contributed by atoms with E-state index in [1.54, 1.807) is 0 Å². The monoisotopic (exact) mass is 296 g/mol. The van der Waals surface area contributed by atoms with Crippen LogP contribution in [0.2, 0.25) is 10.0 Å². The third kappa shape index (κ3) is 5.82. The molecular weight excluding hydrogens is 279 g/mol. The fraction of sp³-hybridized carbons (Fsp3) is 0.500. The second kappa shape index (κ2) is 6.69. The van der Waals surface area contributed by atoms with Gasteiger partial charge in [-0.15, -0.1) is 12.4 Å². The van der Waals surface area contributed by atoms with Crippen molar-refractivity contribution in [2.24, 2.45) is 0 Å². The van der Waals surface area contributed by atoms with Gasteiger partial charge in [-0.3, -0.25) is 0 Å².